The number of rotatable bonds is 4. The third-order valence-electron chi connectivity index (χ3n) is 3.51. The van der Waals surface area contributed by atoms with Crippen LogP contribution in [0, 0.1) is 0 Å². The monoisotopic (exact) mass is 233 g/mol. The second kappa shape index (κ2) is 6.18. The van der Waals surface area contributed by atoms with Gasteiger partial charge in [0.05, 0.1) is 6.10 Å². The number of hydrogen-bond donors (Lipinski definition) is 1. The highest BCUT2D eigenvalue weighted by molar-refractivity contribution is 5.22. The van der Waals surface area contributed by atoms with Crippen molar-refractivity contribution in [1.82, 2.24) is 5.32 Å². The first-order valence-corrected chi connectivity index (χ1v) is 6.70. The Balaban J connectivity index is 1.80. The Bertz CT molecular complexity index is 333. The van der Waals surface area contributed by atoms with Gasteiger partial charge in [0, 0.05) is 19.2 Å². The summed E-state index contributed by atoms with van der Waals surface area (Å²) in [7, 11) is 0. The van der Waals surface area contributed by atoms with Crippen LogP contribution in [0.5, 0.6) is 0 Å². The van der Waals surface area contributed by atoms with E-state index in [2.05, 4.69) is 43.4 Å². The summed E-state index contributed by atoms with van der Waals surface area (Å²) in [5, 5.41) is 3.63. The molecule has 0 amide bonds. The van der Waals surface area contributed by atoms with Crippen LogP contribution in [-0.2, 0) is 17.7 Å². The van der Waals surface area contributed by atoms with Gasteiger partial charge in [-0.1, -0.05) is 31.2 Å². The van der Waals surface area contributed by atoms with Crippen molar-refractivity contribution in [1.29, 1.82) is 0 Å². The lowest BCUT2D eigenvalue weighted by molar-refractivity contribution is 0.0130. The van der Waals surface area contributed by atoms with Crippen molar-refractivity contribution in [2.45, 2.75) is 51.8 Å². The van der Waals surface area contributed by atoms with Crippen LogP contribution in [0.1, 0.15) is 37.8 Å². The van der Waals surface area contributed by atoms with E-state index in [4.69, 9.17) is 4.74 Å². The first-order valence-electron chi connectivity index (χ1n) is 6.70. The lowest BCUT2D eigenvalue weighted by Crippen LogP contribution is -2.37. The molecule has 1 aliphatic heterocycles. The first kappa shape index (κ1) is 12.6. The Morgan fingerprint density at radius 2 is 1.94 bits per heavy atom. The molecule has 1 saturated heterocycles. The minimum Gasteiger partial charge on any atom is -0.378 e. The maximum absolute atomic E-state index is 5.55. The molecule has 2 nitrogen and oxygen atoms in total. The Morgan fingerprint density at radius 1 is 1.24 bits per heavy atom. The number of aryl methyl sites for hydroxylation is 1. The van der Waals surface area contributed by atoms with Gasteiger partial charge in [0.1, 0.15) is 0 Å². The zero-order valence-electron chi connectivity index (χ0n) is 10.9. The van der Waals surface area contributed by atoms with Crippen molar-refractivity contribution >= 4 is 0 Å². The maximum Gasteiger partial charge on any atom is 0.0561 e. The molecular formula is C15H23NO. The molecule has 1 fully saturated rings. The fourth-order valence-electron chi connectivity index (χ4n) is 2.34. The summed E-state index contributed by atoms with van der Waals surface area (Å²) in [6.45, 7) is 6.22. The second-order valence-corrected chi connectivity index (χ2v) is 4.95. The number of nitrogens with one attached hydrogen (secondary N) is 1. The standard InChI is InChI=1S/C15H23NO/c1-3-13-4-6-14(7-5-13)11-16-15-8-9-17-12(2)10-15/h4-7,12,15-16H,3,8-11H2,1-2H3. The molecule has 17 heavy (non-hydrogen) atoms. The zero-order valence-corrected chi connectivity index (χ0v) is 10.9. The van der Waals surface area contributed by atoms with E-state index in [0.717, 1.165) is 32.4 Å². The fraction of sp³-hybridized carbons (Fsp3) is 0.600. The molecule has 1 heterocycles. The molecule has 2 unspecified atom stereocenters. The summed E-state index contributed by atoms with van der Waals surface area (Å²) in [5.41, 5.74) is 2.79. The van der Waals surface area contributed by atoms with Gasteiger partial charge >= 0.3 is 0 Å². The predicted molar refractivity (Wildman–Crippen MR) is 71.1 cm³/mol. The van der Waals surface area contributed by atoms with Crippen molar-refractivity contribution in [2.24, 2.45) is 0 Å². The molecule has 94 valence electrons. The largest absolute Gasteiger partial charge is 0.378 e. The molecule has 2 atom stereocenters. The van der Waals surface area contributed by atoms with Crippen LogP contribution in [0.4, 0.5) is 0 Å². The topological polar surface area (TPSA) is 21.3 Å². The molecule has 1 aromatic rings. The van der Waals surface area contributed by atoms with Crippen molar-refractivity contribution in [2.75, 3.05) is 6.61 Å². The smallest absolute Gasteiger partial charge is 0.0561 e. The van der Waals surface area contributed by atoms with Crippen molar-refractivity contribution in [3.8, 4) is 0 Å². The van der Waals surface area contributed by atoms with Crippen LogP contribution < -0.4 is 5.32 Å². The van der Waals surface area contributed by atoms with Gasteiger partial charge < -0.3 is 10.1 Å². The summed E-state index contributed by atoms with van der Waals surface area (Å²) in [6, 6.07) is 9.53. The predicted octanol–water partition coefficient (Wildman–Crippen LogP) is 2.91. The normalized spacial score (nSPS) is 24.8. The van der Waals surface area contributed by atoms with Crippen LogP contribution in [-0.4, -0.2) is 18.8 Å². The number of hydrogen-bond acceptors (Lipinski definition) is 2. The van der Waals surface area contributed by atoms with E-state index < -0.39 is 0 Å². The van der Waals surface area contributed by atoms with Gasteiger partial charge in [0.15, 0.2) is 0 Å². The molecule has 0 saturated carbocycles. The van der Waals surface area contributed by atoms with Crippen LogP contribution in [0.2, 0.25) is 0 Å². The Kier molecular flexibility index (Phi) is 4.57. The third kappa shape index (κ3) is 3.83. The third-order valence-corrected chi connectivity index (χ3v) is 3.51. The van der Waals surface area contributed by atoms with E-state index in [0.29, 0.717) is 12.1 Å². The Morgan fingerprint density at radius 3 is 2.59 bits per heavy atom. The average molecular weight is 233 g/mol. The van der Waals surface area contributed by atoms with Crippen molar-refractivity contribution in [3.05, 3.63) is 35.4 Å². The van der Waals surface area contributed by atoms with E-state index >= 15 is 0 Å². The molecule has 1 aromatic carbocycles. The molecule has 1 N–H and O–H groups in total. The molecule has 2 rings (SSSR count). The average Bonchev–Trinajstić information content (AvgIpc) is 2.37. The van der Waals surface area contributed by atoms with Gasteiger partial charge in [-0.15, -0.1) is 0 Å². The molecular weight excluding hydrogens is 210 g/mol. The quantitative estimate of drug-likeness (QED) is 0.863. The van der Waals surface area contributed by atoms with E-state index in [9.17, 15) is 0 Å². The highest BCUT2D eigenvalue weighted by Gasteiger charge is 2.18. The molecule has 0 aliphatic carbocycles. The SMILES string of the molecule is CCc1ccc(CNC2CCOC(C)C2)cc1. The van der Waals surface area contributed by atoms with E-state index in [1.807, 2.05) is 0 Å². The van der Waals surface area contributed by atoms with Gasteiger partial charge in [-0.3, -0.25) is 0 Å². The molecule has 0 radical (unpaired) electrons. The molecule has 0 bridgehead atoms. The number of ether oxygens (including phenoxy) is 1. The molecule has 2 heteroatoms. The summed E-state index contributed by atoms with van der Waals surface area (Å²) < 4.78 is 5.55. The van der Waals surface area contributed by atoms with Gasteiger partial charge in [-0.05, 0) is 37.3 Å². The first-order chi connectivity index (χ1) is 8.28. The van der Waals surface area contributed by atoms with E-state index in [1.165, 1.54) is 11.1 Å². The minimum absolute atomic E-state index is 0.406. The Hall–Kier alpha value is -0.860. The van der Waals surface area contributed by atoms with Crippen molar-refractivity contribution in [3.63, 3.8) is 0 Å². The molecule has 1 aliphatic rings. The van der Waals surface area contributed by atoms with Crippen LogP contribution in [0.3, 0.4) is 0 Å². The Labute approximate surface area is 104 Å². The van der Waals surface area contributed by atoms with Gasteiger partial charge in [-0.2, -0.15) is 0 Å². The molecule has 0 aromatic heterocycles. The lowest BCUT2D eigenvalue weighted by Gasteiger charge is -2.28. The zero-order chi connectivity index (χ0) is 12.1. The van der Waals surface area contributed by atoms with Gasteiger partial charge in [-0.25, -0.2) is 0 Å². The summed E-state index contributed by atoms with van der Waals surface area (Å²) in [5.74, 6) is 0. The summed E-state index contributed by atoms with van der Waals surface area (Å²) in [4.78, 5) is 0. The lowest BCUT2D eigenvalue weighted by atomic mass is 10.0. The van der Waals surface area contributed by atoms with Gasteiger partial charge in [0.25, 0.3) is 0 Å². The summed E-state index contributed by atoms with van der Waals surface area (Å²) in [6.07, 6.45) is 3.79. The second-order valence-electron chi connectivity index (χ2n) is 4.95. The van der Waals surface area contributed by atoms with Crippen LogP contribution in [0.15, 0.2) is 24.3 Å². The highest BCUT2D eigenvalue weighted by atomic mass is 16.5. The van der Waals surface area contributed by atoms with Crippen molar-refractivity contribution < 1.29 is 4.74 Å². The minimum atomic E-state index is 0.406. The fourth-order valence-corrected chi connectivity index (χ4v) is 2.34. The van der Waals surface area contributed by atoms with E-state index in [1.54, 1.807) is 0 Å². The highest BCUT2D eigenvalue weighted by Crippen LogP contribution is 2.14. The number of benzene rings is 1. The summed E-state index contributed by atoms with van der Waals surface area (Å²) >= 11 is 0. The van der Waals surface area contributed by atoms with Gasteiger partial charge in [0.2, 0.25) is 0 Å². The van der Waals surface area contributed by atoms with E-state index in [-0.39, 0.29) is 0 Å². The molecule has 0 spiro atoms. The maximum atomic E-state index is 5.55. The van der Waals surface area contributed by atoms with Crippen LogP contribution >= 0.6 is 0 Å². The van der Waals surface area contributed by atoms with Crippen LogP contribution in [0.25, 0.3) is 0 Å².